The first-order valence-electron chi connectivity index (χ1n) is 10.3. The normalized spacial score (nSPS) is 25.8. The molecule has 156 valence electrons. The van der Waals surface area contributed by atoms with Crippen molar-refractivity contribution in [2.75, 3.05) is 19.5 Å². The summed E-state index contributed by atoms with van der Waals surface area (Å²) < 4.78 is 12.3. The maximum atomic E-state index is 12.3. The van der Waals surface area contributed by atoms with Crippen molar-refractivity contribution < 1.29 is 14.6 Å². The minimum absolute atomic E-state index is 0.0956. The monoisotopic (exact) mass is 413 g/mol. The lowest BCUT2D eigenvalue weighted by molar-refractivity contribution is -0.106. The zero-order valence-corrected chi connectivity index (χ0v) is 17.4. The Bertz CT molecular complexity index is 1170. The molecule has 2 aliphatic rings. The molecule has 5 rings (SSSR count). The van der Waals surface area contributed by atoms with E-state index >= 15 is 0 Å². The summed E-state index contributed by atoms with van der Waals surface area (Å²) in [6.07, 6.45) is 1.23. The molecule has 6 heteroatoms. The first-order valence-corrected chi connectivity index (χ1v) is 10.3. The van der Waals surface area contributed by atoms with E-state index in [-0.39, 0.29) is 5.92 Å². The van der Waals surface area contributed by atoms with Crippen molar-refractivity contribution in [1.29, 1.82) is 5.26 Å². The molecule has 2 aromatic carbocycles. The van der Waals surface area contributed by atoms with Gasteiger partial charge in [-0.1, -0.05) is 42.5 Å². The van der Waals surface area contributed by atoms with E-state index < -0.39 is 11.2 Å². The van der Waals surface area contributed by atoms with Crippen LogP contribution < -0.4 is 14.8 Å². The Morgan fingerprint density at radius 3 is 2.58 bits per heavy atom. The van der Waals surface area contributed by atoms with Crippen molar-refractivity contribution in [3.05, 3.63) is 82.9 Å². The van der Waals surface area contributed by atoms with Crippen LogP contribution >= 0.6 is 0 Å². The van der Waals surface area contributed by atoms with Crippen LogP contribution in [0.1, 0.15) is 41.0 Å². The minimum Gasteiger partial charge on any atom is -0.481 e. The number of aliphatic hydroxyl groups is 1. The molecule has 3 atom stereocenters. The third-order valence-electron chi connectivity index (χ3n) is 6.63. The SMILES string of the molecule is CNc1cc2c(c(OC)n1)C1(O)CCC(c3ccccc3)C1(c1ccc(C#N)cc1)O2. The molecule has 1 saturated carbocycles. The van der Waals surface area contributed by atoms with E-state index in [1.54, 1.807) is 26.3 Å². The number of nitriles is 1. The largest absolute Gasteiger partial charge is 0.481 e. The second-order valence-electron chi connectivity index (χ2n) is 8.03. The Morgan fingerprint density at radius 1 is 1.19 bits per heavy atom. The fourth-order valence-electron chi connectivity index (χ4n) is 5.28. The van der Waals surface area contributed by atoms with Gasteiger partial charge in [-0.05, 0) is 36.1 Å². The lowest BCUT2D eigenvalue weighted by Gasteiger charge is -2.40. The number of pyridine rings is 1. The van der Waals surface area contributed by atoms with Crippen molar-refractivity contribution in [1.82, 2.24) is 4.98 Å². The molecular formula is C25H23N3O3. The highest BCUT2D eigenvalue weighted by Crippen LogP contribution is 2.68. The summed E-state index contributed by atoms with van der Waals surface area (Å²) in [5, 5.41) is 24.6. The summed E-state index contributed by atoms with van der Waals surface area (Å²) >= 11 is 0. The molecule has 0 spiro atoms. The predicted molar refractivity (Wildman–Crippen MR) is 116 cm³/mol. The predicted octanol–water partition coefficient (Wildman–Crippen LogP) is 4.06. The van der Waals surface area contributed by atoms with Crippen LogP contribution in [0.3, 0.4) is 0 Å². The van der Waals surface area contributed by atoms with Crippen LogP contribution in [0.2, 0.25) is 0 Å². The number of nitrogens with one attached hydrogen (secondary N) is 1. The molecule has 31 heavy (non-hydrogen) atoms. The van der Waals surface area contributed by atoms with Crippen LogP contribution in [0, 0.1) is 11.3 Å². The van der Waals surface area contributed by atoms with E-state index in [4.69, 9.17) is 9.47 Å². The van der Waals surface area contributed by atoms with E-state index in [2.05, 4.69) is 28.5 Å². The summed E-state index contributed by atoms with van der Waals surface area (Å²) in [5.74, 6) is 1.42. The summed E-state index contributed by atoms with van der Waals surface area (Å²) in [7, 11) is 3.33. The fourth-order valence-corrected chi connectivity index (χ4v) is 5.28. The van der Waals surface area contributed by atoms with E-state index in [1.807, 2.05) is 36.4 Å². The van der Waals surface area contributed by atoms with Crippen LogP contribution in [0.4, 0.5) is 5.82 Å². The topological polar surface area (TPSA) is 87.4 Å². The van der Waals surface area contributed by atoms with Gasteiger partial charge in [0.25, 0.3) is 0 Å². The molecule has 0 saturated heterocycles. The molecule has 3 unspecified atom stereocenters. The zero-order valence-electron chi connectivity index (χ0n) is 17.4. The number of methoxy groups -OCH3 is 1. The molecule has 6 nitrogen and oxygen atoms in total. The summed E-state index contributed by atoms with van der Waals surface area (Å²) in [5.41, 5.74) is 0.663. The minimum atomic E-state index is -1.33. The molecule has 0 bridgehead atoms. The number of anilines is 1. The number of hydrogen-bond acceptors (Lipinski definition) is 6. The maximum Gasteiger partial charge on any atom is 0.225 e. The first kappa shape index (κ1) is 19.4. The Morgan fingerprint density at radius 2 is 1.94 bits per heavy atom. The number of nitrogens with zero attached hydrogens (tertiary/aromatic N) is 2. The number of rotatable bonds is 4. The molecule has 3 aromatic rings. The second-order valence-corrected chi connectivity index (χ2v) is 8.03. The van der Waals surface area contributed by atoms with Gasteiger partial charge in [-0.25, -0.2) is 0 Å². The van der Waals surface area contributed by atoms with Crippen molar-refractivity contribution in [3.8, 4) is 17.7 Å². The lowest BCUT2D eigenvalue weighted by Crippen LogP contribution is -2.48. The number of aromatic nitrogens is 1. The molecule has 0 radical (unpaired) electrons. The Hall–Kier alpha value is -3.56. The third kappa shape index (κ3) is 2.57. The molecular weight excluding hydrogens is 390 g/mol. The highest BCUT2D eigenvalue weighted by Gasteiger charge is 2.69. The van der Waals surface area contributed by atoms with Gasteiger partial charge in [0.2, 0.25) is 5.88 Å². The van der Waals surface area contributed by atoms with Crippen molar-refractivity contribution >= 4 is 5.82 Å². The molecule has 1 fully saturated rings. The Labute approximate surface area is 181 Å². The van der Waals surface area contributed by atoms with Gasteiger partial charge >= 0.3 is 0 Å². The average Bonchev–Trinajstić information content (AvgIpc) is 3.26. The van der Waals surface area contributed by atoms with E-state index in [9.17, 15) is 10.4 Å². The van der Waals surface area contributed by atoms with E-state index in [0.717, 1.165) is 17.5 Å². The molecule has 0 amide bonds. The summed E-state index contributed by atoms with van der Waals surface area (Å²) in [4.78, 5) is 4.52. The standard InChI is InChI=1S/C25H23N3O3/c1-27-21-14-20-22(23(28-21)30-2)24(29)13-12-19(17-6-4-3-5-7-17)25(24,31-20)18-10-8-16(15-26)9-11-18/h3-11,14,19,29H,12-13H2,1-2H3,(H,27,28). The van der Waals surface area contributed by atoms with E-state index in [1.165, 1.54) is 0 Å². The second kappa shape index (κ2) is 7.00. The average molecular weight is 413 g/mol. The van der Waals surface area contributed by atoms with Gasteiger partial charge in [-0.2, -0.15) is 10.2 Å². The van der Waals surface area contributed by atoms with Crippen molar-refractivity contribution in [2.24, 2.45) is 0 Å². The third-order valence-corrected chi connectivity index (χ3v) is 6.63. The van der Waals surface area contributed by atoms with Crippen LogP contribution in [-0.2, 0) is 11.2 Å². The van der Waals surface area contributed by atoms with Gasteiger partial charge in [0, 0.05) is 19.0 Å². The highest BCUT2D eigenvalue weighted by molar-refractivity contribution is 5.61. The van der Waals surface area contributed by atoms with Crippen LogP contribution in [-0.4, -0.2) is 24.2 Å². The quantitative estimate of drug-likeness (QED) is 0.671. The molecule has 2 heterocycles. The smallest absolute Gasteiger partial charge is 0.225 e. The van der Waals surface area contributed by atoms with Gasteiger partial charge in [-0.3, -0.25) is 0 Å². The number of benzene rings is 2. The van der Waals surface area contributed by atoms with Gasteiger partial charge in [-0.15, -0.1) is 0 Å². The van der Waals surface area contributed by atoms with Crippen LogP contribution in [0.5, 0.6) is 11.6 Å². The van der Waals surface area contributed by atoms with Crippen molar-refractivity contribution in [2.45, 2.75) is 30.0 Å². The molecule has 1 aliphatic carbocycles. The van der Waals surface area contributed by atoms with Gasteiger partial charge in [0.05, 0.1) is 24.3 Å². The summed E-state index contributed by atoms with van der Waals surface area (Å²) in [6.45, 7) is 0. The Balaban J connectivity index is 1.78. The van der Waals surface area contributed by atoms with Crippen LogP contribution in [0.25, 0.3) is 0 Å². The Kier molecular flexibility index (Phi) is 4.38. The molecule has 2 N–H and O–H groups in total. The number of ether oxygens (including phenoxy) is 2. The van der Waals surface area contributed by atoms with Gasteiger partial charge in [0.1, 0.15) is 17.2 Å². The number of fused-ring (bicyclic) bond motifs is 3. The fraction of sp³-hybridized carbons (Fsp3) is 0.280. The lowest BCUT2D eigenvalue weighted by atomic mass is 9.72. The van der Waals surface area contributed by atoms with Gasteiger partial charge < -0.3 is 19.9 Å². The molecule has 1 aliphatic heterocycles. The van der Waals surface area contributed by atoms with E-state index in [0.29, 0.717) is 35.0 Å². The van der Waals surface area contributed by atoms with Crippen molar-refractivity contribution in [3.63, 3.8) is 0 Å². The molecule has 1 aromatic heterocycles. The first-order chi connectivity index (χ1) is 15.1. The van der Waals surface area contributed by atoms with Crippen LogP contribution in [0.15, 0.2) is 60.7 Å². The summed E-state index contributed by atoms with van der Waals surface area (Å²) in [6, 6.07) is 21.4. The maximum absolute atomic E-state index is 12.3. The van der Waals surface area contributed by atoms with Gasteiger partial charge in [0.15, 0.2) is 5.60 Å². The number of hydrogen-bond donors (Lipinski definition) is 2. The zero-order chi connectivity index (χ0) is 21.6. The highest BCUT2D eigenvalue weighted by atomic mass is 16.5.